The number of aryl methyl sites for hydroxylation is 2. The predicted octanol–water partition coefficient (Wildman–Crippen LogP) is 1.93. The second-order valence-corrected chi connectivity index (χ2v) is 6.77. The van der Waals surface area contributed by atoms with Gasteiger partial charge in [0.1, 0.15) is 12.2 Å². The molecule has 7 nitrogen and oxygen atoms in total. The third-order valence-electron chi connectivity index (χ3n) is 4.97. The van der Waals surface area contributed by atoms with Crippen molar-refractivity contribution in [3.63, 3.8) is 0 Å². The van der Waals surface area contributed by atoms with Crippen molar-refractivity contribution in [1.29, 1.82) is 0 Å². The van der Waals surface area contributed by atoms with Gasteiger partial charge in [-0.1, -0.05) is 18.2 Å². The van der Waals surface area contributed by atoms with Gasteiger partial charge >= 0.3 is 0 Å². The Hall–Kier alpha value is -2.80. The zero-order chi connectivity index (χ0) is 18.1. The number of para-hydroxylation sites is 1. The highest BCUT2D eigenvalue weighted by Gasteiger charge is 2.24. The largest absolute Gasteiger partial charge is 0.336 e. The van der Waals surface area contributed by atoms with E-state index in [0.717, 1.165) is 47.6 Å². The van der Waals surface area contributed by atoms with Crippen LogP contribution in [0.15, 0.2) is 30.6 Å². The summed E-state index contributed by atoms with van der Waals surface area (Å²) in [6.45, 7) is 7.76. The Labute approximate surface area is 152 Å². The van der Waals surface area contributed by atoms with Crippen molar-refractivity contribution in [2.24, 2.45) is 0 Å². The van der Waals surface area contributed by atoms with Crippen LogP contribution in [0.3, 0.4) is 0 Å². The smallest absolute Gasteiger partial charge is 0.255 e. The number of aromatic amines is 1. The molecule has 1 aliphatic heterocycles. The first-order chi connectivity index (χ1) is 12.6. The summed E-state index contributed by atoms with van der Waals surface area (Å²) >= 11 is 0. The van der Waals surface area contributed by atoms with Crippen LogP contribution >= 0.6 is 0 Å². The zero-order valence-electron chi connectivity index (χ0n) is 15.1. The molecule has 0 saturated carbocycles. The topological polar surface area (TPSA) is 78.0 Å². The average Bonchev–Trinajstić information content (AvgIpc) is 3.15. The molecule has 26 heavy (non-hydrogen) atoms. The van der Waals surface area contributed by atoms with E-state index in [0.29, 0.717) is 18.7 Å². The number of nitrogens with zero attached hydrogens (tertiary/aromatic N) is 5. The fourth-order valence-corrected chi connectivity index (χ4v) is 3.45. The maximum Gasteiger partial charge on any atom is 0.255 e. The molecule has 1 amide bonds. The molecule has 0 bridgehead atoms. The van der Waals surface area contributed by atoms with Gasteiger partial charge in [0.2, 0.25) is 0 Å². The number of hydrogen-bond acceptors (Lipinski definition) is 5. The summed E-state index contributed by atoms with van der Waals surface area (Å²) in [6, 6.07) is 8.05. The van der Waals surface area contributed by atoms with Gasteiger partial charge < -0.3 is 4.90 Å². The van der Waals surface area contributed by atoms with E-state index in [1.807, 2.05) is 43.0 Å². The highest BCUT2D eigenvalue weighted by Crippen LogP contribution is 2.21. The van der Waals surface area contributed by atoms with Crippen LogP contribution in [-0.2, 0) is 6.54 Å². The quantitative estimate of drug-likeness (QED) is 0.781. The summed E-state index contributed by atoms with van der Waals surface area (Å²) in [6.07, 6.45) is 1.52. The molecule has 1 aliphatic rings. The lowest BCUT2D eigenvalue weighted by Gasteiger charge is -2.34. The van der Waals surface area contributed by atoms with E-state index < -0.39 is 0 Å². The molecular weight excluding hydrogens is 328 g/mol. The summed E-state index contributed by atoms with van der Waals surface area (Å²) in [5, 5.41) is 7.78. The number of hydrogen-bond donors (Lipinski definition) is 1. The third kappa shape index (κ3) is 3.17. The third-order valence-corrected chi connectivity index (χ3v) is 4.97. The molecule has 2 aromatic heterocycles. The minimum atomic E-state index is 0.0673. The lowest BCUT2D eigenvalue weighted by Crippen LogP contribution is -2.48. The second kappa shape index (κ2) is 6.84. The first-order valence-electron chi connectivity index (χ1n) is 8.84. The molecule has 1 saturated heterocycles. The average molecular weight is 350 g/mol. The van der Waals surface area contributed by atoms with Crippen molar-refractivity contribution in [2.45, 2.75) is 20.4 Å². The number of aromatic nitrogens is 4. The maximum absolute atomic E-state index is 13.0. The Balaban J connectivity index is 1.48. The molecule has 0 unspecified atom stereocenters. The Morgan fingerprint density at radius 2 is 2.00 bits per heavy atom. The number of fused-ring (bicyclic) bond motifs is 1. The molecule has 0 atom stereocenters. The molecule has 134 valence electrons. The molecule has 0 spiro atoms. The molecule has 3 aromatic rings. The van der Waals surface area contributed by atoms with Gasteiger partial charge in [-0.25, -0.2) is 4.98 Å². The van der Waals surface area contributed by atoms with Crippen LogP contribution in [0.5, 0.6) is 0 Å². The summed E-state index contributed by atoms with van der Waals surface area (Å²) < 4.78 is 0. The van der Waals surface area contributed by atoms with Crippen molar-refractivity contribution in [1.82, 2.24) is 30.0 Å². The van der Waals surface area contributed by atoms with Crippen LogP contribution in [0, 0.1) is 13.8 Å². The monoisotopic (exact) mass is 350 g/mol. The number of piperazine rings is 1. The van der Waals surface area contributed by atoms with Gasteiger partial charge in [-0.05, 0) is 25.5 Å². The number of rotatable bonds is 3. The van der Waals surface area contributed by atoms with Gasteiger partial charge in [-0.2, -0.15) is 5.10 Å². The van der Waals surface area contributed by atoms with Gasteiger partial charge in [0.25, 0.3) is 5.91 Å². The van der Waals surface area contributed by atoms with E-state index in [2.05, 4.69) is 25.1 Å². The van der Waals surface area contributed by atoms with E-state index in [9.17, 15) is 4.79 Å². The van der Waals surface area contributed by atoms with Crippen molar-refractivity contribution in [2.75, 3.05) is 26.2 Å². The number of benzene rings is 1. The number of carbonyl (C=O) groups excluding carboxylic acids is 1. The fourth-order valence-electron chi connectivity index (χ4n) is 3.45. The Bertz CT molecular complexity index is 929. The molecule has 7 heteroatoms. The number of pyridine rings is 1. The maximum atomic E-state index is 13.0. The minimum absolute atomic E-state index is 0.0673. The van der Waals surface area contributed by atoms with E-state index in [-0.39, 0.29) is 5.91 Å². The zero-order valence-corrected chi connectivity index (χ0v) is 15.1. The Morgan fingerprint density at radius 3 is 2.73 bits per heavy atom. The van der Waals surface area contributed by atoms with E-state index in [4.69, 9.17) is 0 Å². The molecular formula is C19H22N6O. The SMILES string of the molecule is Cc1nc2c(C)cccc2cc1C(=O)N1CCN(Cc2ncn[nH]2)CC1. The summed E-state index contributed by atoms with van der Waals surface area (Å²) in [5.74, 6) is 0.924. The fraction of sp³-hybridized carbons (Fsp3) is 0.368. The highest BCUT2D eigenvalue weighted by molar-refractivity contribution is 5.99. The van der Waals surface area contributed by atoms with Crippen LogP contribution < -0.4 is 0 Å². The first-order valence-corrected chi connectivity index (χ1v) is 8.84. The second-order valence-electron chi connectivity index (χ2n) is 6.77. The molecule has 1 fully saturated rings. The number of carbonyl (C=O) groups is 1. The van der Waals surface area contributed by atoms with Crippen LogP contribution in [0.1, 0.15) is 27.4 Å². The first kappa shape index (κ1) is 16.7. The molecule has 1 aromatic carbocycles. The molecule has 4 rings (SSSR count). The number of H-pyrrole nitrogens is 1. The Kier molecular flexibility index (Phi) is 4.38. The van der Waals surface area contributed by atoms with Gasteiger partial charge in [-0.15, -0.1) is 0 Å². The van der Waals surface area contributed by atoms with Crippen molar-refractivity contribution < 1.29 is 4.79 Å². The van der Waals surface area contributed by atoms with Crippen LogP contribution in [-0.4, -0.2) is 62.1 Å². The van der Waals surface area contributed by atoms with Crippen LogP contribution in [0.2, 0.25) is 0 Å². The van der Waals surface area contributed by atoms with Crippen molar-refractivity contribution in [3.05, 3.63) is 53.2 Å². The van der Waals surface area contributed by atoms with Gasteiger partial charge in [0, 0.05) is 31.6 Å². The minimum Gasteiger partial charge on any atom is -0.336 e. The van der Waals surface area contributed by atoms with E-state index in [1.165, 1.54) is 6.33 Å². The number of amides is 1. The van der Waals surface area contributed by atoms with E-state index >= 15 is 0 Å². The van der Waals surface area contributed by atoms with Crippen LogP contribution in [0.4, 0.5) is 0 Å². The highest BCUT2D eigenvalue weighted by atomic mass is 16.2. The summed E-state index contributed by atoms with van der Waals surface area (Å²) in [4.78, 5) is 26.0. The van der Waals surface area contributed by atoms with Crippen molar-refractivity contribution >= 4 is 16.8 Å². The molecule has 1 N–H and O–H groups in total. The summed E-state index contributed by atoms with van der Waals surface area (Å²) in [5.41, 5.74) is 3.59. The van der Waals surface area contributed by atoms with Crippen LogP contribution in [0.25, 0.3) is 10.9 Å². The summed E-state index contributed by atoms with van der Waals surface area (Å²) in [7, 11) is 0. The van der Waals surface area contributed by atoms with E-state index in [1.54, 1.807) is 0 Å². The molecule has 0 aliphatic carbocycles. The molecule has 3 heterocycles. The predicted molar refractivity (Wildman–Crippen MR) is 98.8 cm³/mol. The Morgan fingerprint density at radius 1 is 1.19 bits per heavy atom. The van der Waals surface area contributed by atoms with Gasteiger partial charge in [0.05, 0.1) is 23.3 Å². The van der Waals surface area contributed by atoms with Gasteiger partial charge in [0.15, 0.2) is 0 Å². The van der Waals surface area contributed by atoms with Gasteiger partial charge in [-0.3, -0.25) is 19.8 Å². The standard InChI is InChI=1S/C19H22N6O/c1-13-4-3-5-15-10-16(14(2)22-18(13)15)19(26)25-8-6-24(7-9-25)11-17-20-12-21-23-17/h3-5,10,12H,6-9,11H2,1-2H3,(H,20,21,23). The lowest BCUT2D eigenvalue weighted by molar-refractivity contribution is 0.0624. The lowest BCUT2D eigenvalue weighted by atomic mass is 10.1. The molecule has 0 radical (unpaired) electrons. The normalized spacial score (nSPS) is 15.5. The van der Waals surface area contributed by atoms with Crippen molar-refractivity contribution in [3.8, 4) is 0 Å². The number of nitrogens with one attached hydrogen (secondary N) is 1.